The van der Waals surface area contributed by atoms with E-state index >= 15 is 4.39 Å². The molecule has 3 aromatic rings. The van der Waals surface area contributed by atoms with E-state index in [1.807, 2.05) is 0 Å². The second-order valence-electron chi connectivity index (χ2n) is 11.2. The Bertz CT molecular complexity index is 1390. The topological polar surface area (TPSA) is 79.3 Å². The normalized spacial score (nSPS) is 24.5. The van der Waals surface area contributed by atoms with E-state index in [-0.39, 0.29) is 17.1 Å². The number of aromatic nitrogens is 4. The van der Waals surface area contributed by atoms with Crippen LogP contribution >= 0.6 is 0 Å². The number of ether oxygens (including phenoxy) is 1. The average Bonchev–Trinajstić information content (AvgIpc) is 3.60. The summed E-state index contributed by atoms with van der Waals surface area (Å²) in [6.07, 6.45) is 5.05. The number of nitrogens with zero attached hydrogens (tertiary/aromatic N) is 6. The van der Waals surface area contributed by atoms with Crippen LogP contribution in [0, 0.1) is 5.82 Å². The van der Waals surface area contributed by atoms with Gasteiger partial charge in [0.05, 0.1) is 16.5 Å². The van der Waals surface area contributed by atoms with Gasteiger partial charge in [-0.15, -0.1) is 0 Å². The standard InChI is InChI=1S/C27H29F4N7O/c28-21-22(18-11-32-8-5-20(18)27(29,30)31)33-12-19-23(21)35-25(39-15-26-6-1-9-38(26)10-2-7-26)36-24(19)37-13-16-3-4-17(14-37)34-16/h5,8,11-12,16-17,34H,1-4,6-7,9-10,13-15H2. The van der Waals surface area contributed by atoms with Gasteiger partial charge in [-0.1, -0.05) is 0 Å². The molecule has 3 aromatic heterocycles. The lowest BCUT2D eigenvalue weighted by molar-refractivity contribution is -0.137. The first kappa shape index (κ1) is 24.9. The molecule has 2 atom stereocenters. The molecule has 206 valence electrons. The monoisotopic (exact) mass is 543 g/mol. The zero-order valence-electron chi connectivity index (χ0n) is 21.3. The number of fused-ring (bicyclic) bond motifs is 4. The van der Waals surface area contributed by atoms with Crippen LogP contribution in [0.4, 0.5) is 23.4 Å². The number of anilines is 1. The quantitative estimate of drug-likeness (QED) is 0.480. The van der Waals surface area contributed by atoms with E-state index in [2.05, 4.69) is 30.1 Å². The van der Waals surface area contributed by atoms with Crippen LogP contribution in [-0.2, 0) is 6.18 Å². The first-order chi connectivity index (χ1) is 18.8. The van der Waals surface area contributed by atoms with Crippen molar-refractivity contribution in [2.24, 2.45) is 0 Å². The van der Waals surface area contributed by atoms with Crippen LogP contribution in [0.25, 0.3) is 22.2 Å². The van der Waals surface area contributed by atoms with Gasteiger partial charge in [0.25, 0.3) is 0 Å². The van der Waals surface area contributed by atoms with E-state index in [0.29, 0.717) is 43.0 Å². The molecule has 0 aliphatic carbocycles. The van der Waals surface area contributed by atoms with E-state index in [0.717, 1.165) is 70.1 Å². The van der Waals surface area contributed by atoms with Crippen molar-refractivity contribution < 1.29 is 22.3 Å². The van der Waals surface area contributed by atoms with E-state index in [9.17, 15) is 13.2 Å². The molecule has 4 saturated heterocycles. The number of nitrogens with one attached hydrogen (secondary N) is 1. The summed E-state index contributed by atoms with van der Waals surface area (Å²) in [5.74, 6) is -0.445. The highest BCUT2D eigenvalue weighted by Gasteiger charge is 2.45. The predicted octanol–water partition coefficient (Wildman–Crippen LogP) is 4.19. The summed E-state index contributed by atoms with van der Waals surface area (Å²) in [5.41, 5.74) is -2.05. The van der Waals surface area contributed by atoms with Crippen LogP contribution in [0.3, 0.4) is 0 Å². The number of pyridine rings is 2. The summed E-state index contributed by atoms with van der Waals surface area (Å²) >= 11 is 0. The SMILES string of the molecule is Fc1c(-c2cnccc2C(F)(F)F)ncc2c(N3CC4CCC(C3)N4)nc(OCC34CCCN3CCC4)nc12. The fraction of sp³-hybridized carbons (Fsp3) is 0.556. The summed E-state index contributed by atoms with van der Waals surface area (Å²) in [6.45, 7) is 3.83. The summed E-state index contributed by atoms with van der Waals surface area (Å²) in [6, 6.07) is 1.45. The number of hydrogen-bond acceptors (Lipinski definition) is 8. The first-order valence-electron chi connectivity index (χ1n) is 13.6. The van der Waals surface area contributed by atoms with E-state index in [4.69, 9.17) is 9.72 Å². The molecule has 1 N–H and O–H groups in total. The van der Waals surface area contributed by atoms with Crippen molar-refractivity contribution in [3.05, 3.63) is 36.0 Å². The van der Waals surface area contributed by atoms with Crippen molar-refractivity contribution in [1.29, 1.82) is 0 Å². The van der Waals surface area contributed by atoms with Crippen molar-refractivity contribution in [3.8, 4) is 17.3 Å². The maximum Gasteiger partial charge on any atom is 0.417 e. The van der Waals surface area contributed by atoms with Crippen molar-refractivity contribution >= 4 is 16.7 Å². The van der Waals surface area contributed by atoms with Crippen LogP contribution in [-0.4, -0.2) is 75.2 Å². The van der Waals surface area contributed by atoms with Gasteiger partial charge in [0.2, 0.25) is 0 Å². The van der Waals surface area contributed by atoms with E-state index in [1.165, 1.54) is 6.20 Å². The van der Waals surface area contributed by atoms with E-state index < -0.39 is 28.8 Å². The Hall–Kier alpha value is -3.12. The highest BCUT2D eigenvalue weighted by molar-refractivity contribution is 5.92. The molecule has 12 heteroatoms. The third-order valence-corrected chi connectivity index (χ3v) is 8.82. The minimum Gasteiger partial charge on any atom is -0.461 e. The van der Waals surface area contributed by atoms with Crippen LogP contribution in [0.2, 0.25) is 0 Å². The minimum absolute atomic E-state index is 0.0368. The Balaban J connectivity index is 1.33. The molecule has 0 radical (unpaired) electrons. The third-order valence-electron chi connectivity index (χ3n) is 8.82. The Kier molecular flexibility index (Phi) is 5.89. The van der Waals surface area contributed by atoms with Gasteiger partial charge in [-0.2, -0.15) is 23.1 Å². The predicted molar refractivity (Wildman–Crippen MR) is 136 cm³/mol. The van der Waals surface area contributed by atoms with Crippen LogP contribution in [0.15, 0.2) is 24.7 Å². The molecule has 0 spiro atoms. The first-order valence-corrected chi connectivity index (χ1v) is 13.6. The number of piperazine rings is 1. The van der Waals surface area contributed by atoms with E-state index in [1.54, 1.807) is 0 Å². The second kappa shape index (κ2) is 9.22. The minimum atomic E-state index is -4.69. The Morgan fingerprint density at radius 2 is 1.79 bits per heavy atom. The lowest BCUT2D eigenvalue weighted by Gasteiger charge is -2.34. The lowest BCUT2D eigenvalue weighted by Crippen LogP contribution is -2.51. The molecule has 0 saturated carbocycles. The maximum atomic E-state index is 16.1. The molecule has 0 amide bonds. The fourth-order valence-electron chi connectivity index (χ4n) is 6.98. The summed E-state index contributed by atoms with van der Waals surface area (Å²) < 4.78 is 63.6. The summed E-state index contributed by atoms with van der Waals surface area (Å²) in [4.78, 5) is 21.7. The van der Waals surface area contributed by atoms with Crippen molar-refractivity contribution in [1.82, 2.24) is 30.2 Å². The van der Waals surface area contributed by atoms with Gasteiger partial charge in [-0.3, -0.25) is 14.9 Å². The van der Waals surface area contributed by atoms with Crippen molar-refractivity contribution in [3.63, 3.8) is 0 Å². The van der Waals surface area contributed by atoms with Crippen LogP contribution < -0.4 is 15.0 Å². The molecule has 2 bridgehead atoms. The molecule has 4 aliphatic heterocycles. The van der Waals surface area contributed by atoms with Gasteiger partial charge in [0.1, 0.15) is 23.6 Å². The van der Waals surface area contributed by atoms with Gasteiger partial charge in [-0.25, -0.2) is 4.39 Å². The van der Waals surface area contributed by atoms with Crippen LogP contribution in [0.5, 0.6) is 6.01 Å². The second-order valence-corrected chi connectivity index (χ2v) is 11.2. The Labute approximate surface area is 222 Å². The van der Waals surface area contributed by atoms with Crippen LogP contribution in [0.1, 0.15) is 44.1 Å². The summed E-state index contributed by atoms with van der Waals surface area (Å²) in [7, 11) is 0. The third kappa shape index (κ3) is 4.28. The highest BCUT2D eigenvalue weighted by Crippen LogP contribution is 2.41. The number of halogens is 4. The lowest BCUT2D eigenvalue weighted by atomic mass is 9.95. The smallest absolute Gasteiger partial charge is 0.417 e. The van der Waals surface area contributed by atoms with Gasteiger partial charge in [0.15, 0.2) is 5.82 Å². The van der Waals surface area contributed by atoms with Gasteiger partial charge >= 0.3 is 12.2 Å². The maximum absolute atomic E-state index is 16.1. The molecule has 7 rings (SSSR count). The van der Waals surface area contributed by atoms with Crippen molar-refractivity contribution in [2.75, 3.05) is 37.7 Å². The molecule has 0 aromatic carbocycles. The number of rotatable bonds is 5. The van der Waals surface area contributed by atoms with Gasteiger partial charge in [0, 0.05) is 49.3 Å². The van der Waals surface area contributed by atoms with Gasteiger partial charge < -0.3 is 15.0 Å². The van der Waals surface area contributed by atoms with Gasteiger partial charge in [-0.05, 0) is 57.7 Å². The largest absolute Gasteiger partial charge is 0.461 e. The Morgan fingerprint density at radius 1 is 1.05 bits per heavy atom. The Morgan fingerprint density at radius 3 is 2.51 bits per heavy atom. The number of hydrogen-bond donors (Lipinski definition) is 1. The molecular weight excluding hydrogens is 514 g/mol. The van der Waals surface area contributed by atoms with Crippen molar-refractivity contribution in [2.45, 2.75) is 62.3 Å². The zero-order chi connectivity index (χ0) is 26.8. The molecular formula is C27H29F4N7O. The molecule has 8 nitrogen and oxygen atoms in total. The summed E-state index contributed by atoms with van der Waals surface area (Å²) in [5, 5.41) is 3.93. The molecule has 39 heavy (non-hydrogen) atoms. The highest BCUT2D eigenvalue weighted by atomic mass is 19.4. The average molecular weight is 544 g/mol. The molecule has 7 heterocycles. The molecule has 2 unspecified atom stereocenters. The number of alkyl halides is 3. The molecule has 4 fully saturated rings. The zero-order valence-corrected chi connectivity index (χ0v) is 21.3. The fourth-order valence-corrected chi connectivity index (χ4v) is 6.98. The molecule has 4 aliphatic rings.